The first-order valence-corrected chi connectivity index (χ1v) is 9.10. The highest BCUT2D eigenvalue weighted by atomic mass is 35.5. The largest absolute Gasteiger partial charge is 0.434 e. The molecule has 0 unspecified atom stereocenters. The van der Waals surface area contributed by atoms with Crippen LogP contribution in [0.25, 0.3) is 0 Å². The monoisotopic (exact) mass is 389 g/mol. The van der Waals surface area contributed by atoms with Crippen molar-refractivity contribution in [1.82, 2.24) is 10.2 Å². The third-order valence-corrected chi connectivity index (χ3v) is 4.70. The Kier molecular flexibility index (Phi) is 8.38. The Morgan fingerprint density at radius 3 is 2.81 bits per heavy atom. The van der Waals surface area contributed by atoms with E-state index in [1.807, 2.05) is 11.9 Å². The molecule has 0 aromatic heterocycles. The standard InChI is InChI=1S/C18H26ClF2N3O2/c1-22-18(24(2)8-5-13-6-9-25-10-7-13)23-12-14-11-15(19)3-4-16(14)26-17(20)21/h3-4,11,13,17H,5-10,12H2,1-2H3,(H,22,23). The predicted molar refractivity (Wildman–Crippen MR) is 99.1 cm³/mol. The van der Waals surface area contributed by atoms with Gasteiger partial charge in [-0.3, -0.25) is 4.99 Å². The maximum atomic E-state index is 12.6. The molecular formula is C18H26ClF2N3O2. The van der Waals surface area contributed by atoms with Gasteiger partial charge in [0.1, 0.15) is 5.75 Å². The number of benzene rings is 1. The summed E-state index contributed by atoms with van der Waals surface area (Å²) in [5.74, 6) is 1.47. The van der Waals surface area contributed by atoms with Gasteiger partial charge in [-0.25, -0.2) is 0 Å². The van der Waals surface area contributed by atoms with Crippen molar-refractivity contribution >= 4 is 17.6 Å². The summed E-state index contributed by atoms with van der Waals surface area (Å²) in [6, 6.07) is 4.59. The van der Waals surface area contributed by atoms with Gasteiger partial charge in [-0.05, 0) is 43.4 Å². The SMILES string of the molecule is CN=C(NCc1cc(Cl)ccc1OC(F)F)N(C)CCC1CCOCC1. The van der Waals surface area contributed by atoms with E-state index in [9.17, 15) is 8.78 Å². The molecule has 1 heterocycles. The van der Waals surface area contributed by atoms with Crippen LogP contribution in [0.5, 0.6) is 5.75 Å². The number of nitrogens with zero attached hydrogens (tertiary/aromatic N) is 2. The molecule has 1 aromatic carbocycles. The fraction of sp³-hybridized carbons (Fsp3) is 0.611. The van der Waals surface area contributed by atoms with Gasteiger partial charge >= 0.3 is 6.61 Å². The number of rotatable bonds is 7. The van der Waals surface area contributed by atoms with Crippen LogP contribution in [-0.4, -0.2) is 51.3 Å². The van der Waals surface area contributed by atoms with E-state index in [0.717, 1.165) is 39.0 Å². The third kappa shape index (κ3) is 6.61. The summed E-state index contributed by atoms with van der Waals surface area (Å²) < 4.78 is 35.1. The predicted octanol–water partition coefficient (Wildman–Crippen LogP) is 3.77. The van der Waals surface area contributed by atoms with E-state index in [-0.39, 0.29) is 12.3 Å². The fourth-order valence-electron chi connectivity index (χ4n) is 2.97. The zero-order valence-electron chi connectivity index (χ0n) is 15.2. The zero-order chi connectivity index (χ0) is 18.9. The summed E-state index contributed by atoms with van der Waals surface area (Å²) in [6.07, 6.45) is 3.25. The van der Waals surface area contributed by atoms with Gasteiger partial charge in [0.2, 0.25) is 0 Å². The maximum Gasteiger partial charge on any atom is 0.387 e. The summed E-state index contributed by atoms with van der Waals surface area (Å²) in [4.78, 5) is 6.30. The highest BCUT2D eigenvalue weighted by molar-refractivity contribution is 6.30. The first-order valence-electron chi connectivity index (χ1n) is 8.72. The van der Waals surface area contributed by atoms with Gasteiger partial charge in [0.25, 0.3) is 0 Å². The Hall–Kier alpha value is -1.60. The van der Waals surface area contributed by atoms with Gasteiger partial charge < -0.3 is 19.7 Å². The van der Waals surface area contributed by atoms with Gasteiger partial charge in [-0.15, -0.1) is 0 Å². The Balaban J connectivity index is 1.90. The molecule has 1 aromatic rings. The van der Waals surface area contributed by atoms with E-state index < -0.39 is 6.61 Å². The molecule has 26 heavy (non-hydrogen) atoms. The topological polar surface area (TPSA) is 46.1 Å². The van der Waals surface area contributed by atoms with Gasteiger partial charge in [-0.1, -0.05) is 11.6 Å². The molecule has 0 bridgehead atoms. The van der Waals surface area contributed by atoms with E-state index in [2.05, 4.69) is 15.0 Å². The average Bonchev–Trinajstić information content (AvgIpc) is 2.63. The lowest BCUT2D eigenvalue weighted by Crippen LogP contribution is -2.39. The van der Waals surface area contributed by atoms with Gasteiger partial charge in [0.05, 0.1) is 0 Å². The Morgan fingerprint density at radius 2 is 2.15 bits per heavy atom. The molecule has 0 spiro atoms. The molecule has 2 rings (SSSR count). The first-order chi connectivity index (χ1) is 12.5. The number of nitrogens with one attached hydrogen (secondary N) is 1. The van der Waals surface area contributed by atoms with E-state index in [1.165, 1.54) is 12.1 Å². The van der Waals surface area contributed by atoms with Crippen molar-refractivity contribution in [2.45, 2.75) is 32.4 Å². The molecule has 0 radical (unpaired) electrons. The van der Waals surface area contributed by atoms with Crippen LogP contribution in [0.4, 0.5) is 8.78 Å². The van der Waals surface area contributed by atoms with Crippen LogP contribution in [0.1, 0.15) is 24.8 Å². The highest BCUT2D eigenvalue weighted by Crippen LogP contribution is 2.24. The number of alkyl halides is 2. The molecule has 1 aliphatic rings. The molecule has 5 nitrogen and oxygen atoms in total. The summed E-state index contributed by atoms with van der Waals surface area (Å²) >= 11 is 5.98. The van der Waals surface area contributed by atoms with Crippen molar-refractivity contribution in [2.75, 3.05) is 33.9 Å². The van der Waals surface area contributed by atoms with Crippen LogP contribution < -0.4 is 10.1 Å². The fourth-order valence-corrected chi connectivity index (χ4v) is 3.17. The lowest BCUT2D eigenvalue weighted by Gasteiger charge is -2.27. The summed E-state index contributed by atoms with van der Waals surface area (Å²) in [5.41, 5.74) is 0.553. The molecule has 0 aliphatic carbocycles. The Labute approximate surface area is 158 Å². The van der Waals surface area contributed by atoms with E-state index in [4.69, 9.17) is 16.3 Å². The van der Waals surface area contributed by atoms with Crippen molar-refractivity contribution in [3.63, 3.8) is 0 Å². The molecule has 1 N–H and O–H groups in total. The van der Waals surface area contributed by atoms with Crippen LogP contribution in [0.15, 0.2) is 23.2 Å². The normalized spacial score (nSPS) is 16.0. The first kappa shape index (κ1) is 20.7. The Bertz CT molecular complexity index is 596. The minimum absolute atomic E-state index is 0.109. The van der Waals surface area contributed by atoms with Gasteiger partial charge in [-0.2, -0.15) is 8.78 Å². The number of ether oxygens (including phenoxy) is 2. The molecule has 8 heteroatoms. The van der Waals surface area contributed by atoms with Crippen LogP contribution in [-0.2, 0) is 11.3 Å². The van der Waals surface area contributed by atoms with Crippen molar-refractivity contribution in [3.8, 4) is 5.75 Å². The number of aliphatic imine (C=N–C) groups is 1. The van der Waals surface area contributed by atoms with Crippen LogP contribution >= 0.6 is 11.6 Å². The minimum atomic E-state index is -2.88. The van der Waals surface area contributed by atoms with Crippen molar-refractivity contribution in [1.29, 1.82) is 0 Å². The van der Waals surface area contributed by atoms with E-state index >= 15 is 0 Å². The minimum Gasteiger partial charge on any atom is -0.434 e. The third-order valence-electron chi connectivity index (χ3n) is 4.46. The van der Waals surface area contributed by atoms with E-state index in [1.54, 1.807) is 13.1 Å². The molecule has 146 valence electrons. The summed E-state index contributed by atoms with van der Waals surface area (Å²) in [5, 5.41) is 3.65. The number of hydrogen-bond donors (Lipinski definition) is 1. The van der Waals surface area contributed by atoms with Gasteiger partial charge in [0, 0.05) is 51.0 Å². The lowest BCUT2D eigenvalue weighted by atomic mass is 9.96. The molecule has 1 saturated heterocycles. The number of halogens is 3. The number of hydrogen-bond acceptors (Lipinski definition) is 3. The molecule has 0 atom stereocenters. The van der Waals surface area contributed by atoms with Crippen LogP contribution in [0.3, 0.4) is 0 Å². The van der Waals surface area contributed by atoms with Crippen molar-refractivity contribution in [3.05, 3.63) is 28.8 Å². The molecule has 1 fully saturated rings. The average molecular weight is 390 g/mol. The molecule has 1 aliphatic heterocycles. The van der Waals surface area contributed by atoms with Gasteiger partial charge in [0.15, 0.2) is 5.96 Å². The van der Waals surface area contributed by atoms with Crippen LogP contribution in [0, 0.1) is 5.92 Å². The second kappa shape index (κ2) is 10.5. The van der Waals surface area contributed by atoms with E-state index in [0.29, 0.717) is 22.5 Å². The molecule has 0 saturated carbocycles. The second-order valence-corrected chi connectivity index (χ2v) is 6.73. The number of guanidine groups is 1. The zero-order valence-corrected chi connectivity index (χ0v) is 15.9. The highest BCUT2D eigenvalue weighted by Gasteiger charge is 2.16. The quantitative estimate of drug-likeness (QED) is 0.569. The van der Waals surface area contributed by atoms with Crippen molar-refractivity contribution < 1.29 is 18.3 Å². The Morgan fingerprint density at radius 1 is 1.42 bits per heavy atom. The lowest BCUT2D eigenvalue weighted by molar-refractivity contribution is -0.0504. The second-order valence-electron chi connectivity index (χ2n) is 6.30. The molecular weight excluding hydrogens is 364 g/mol. The maximum absolute atomic E-state index is 12.6. The summed E-state index contributed by atoms with van der Waals surface area (Å²) in [7, 11) is 3.66. The molecule has 0 amide bonds. The smallest absolute Gasteiger partial charge is 0.387 e. The van der Waals surface area contributed by atoms with Crippen molar-refractivity contribution in [2.24, 2.45) is 10.9 Å². The summed E-state index contributed by atoms with van der Waals surface area (Å²) in [6.45, 7) is -0.0557. The van der Waals surface area contributed by atoms with Crippen LogP contribution in [0.2, 0.25) is 5.02 Å².